The number of nitrogens with zero attached hydrogens (tertiary/aromatic N) is 6. The van der Waals surface area contributed by atoms with E-state index in [1.54, 1.807) is 0 Å². The second-order valence-corrected chi connectivity index (χ2v) is 7.32. The third-order valence-corrected chi connectivity index (χ3v) is 5.62. The molecule has 1 aromatic carbocycles. The van der Waals surface area contributed by atoms with Gasteiger partial charge >= 0.3 is 0 Å². The molecule has 0 atom stereocenters. The molecule has 2 aromatic heterocycles. The van der Waals surface area contributed by atoms with E-state index in [1.165, 1.54) is 11.1 Å². The second-order valence-electron chi connectivity index (χ2n) is 7.32. The van der Waals surface area contributed by atoms with Crippen molar-refractivity contribution in [1.82, 2.24) is 15.0 Å². The summed E-state index contributed by atoms with van der Waals surface area (Å²) in [5, 5.41) is 0. The van der Waals surface area contributed by atoms with Gasteiger partial charge in [0.25, 0.3) is 0 Å². The number of pyridine rings is 1. The van der Waals surface area contributed by atoms with Gasteiger partial charge in [-0.2, -0.15) is 4.98 Å². The van der Waals surface area contributed by atoms with E-state index in [1.807, 2.05) is 30.6 Å². The van der Waals surface area contributed by atoms with E-state index in [9.17, 15) is 0 Å². The summed E-state index contributed by atoms with van der Waals surface area (Å²) in [6, 6.07) is 16.8. The Kier molecular flexibility index (Phi) is 4.53. The molecule has 5 rings (SSSR count). The van der Waals surface area contributed by atoms with E-state index < -0.39 is 0 Å². The highest BCUT2D eigenvalue weighted by molar-refractivity contribution is 5.48. The molecule has 4 heterocycles. The van der Waals surface area contributed by atoms with E-state index >= 15 is 0 Å². The average molecular weight is 372 g/mol. The highest BCUT2D eigenvalue weighted by atomic mass is 15.3. The van der Waals surface area contributed by atoms with Crippen LogP contribution in [0.2, 0.25) is 0 Å². The zero-order valence-electron chi connectivity index (χ0n) is 15.9. The predicted octanol–water partition coefficient (Wildman–Crippen LogP) is 2.76. The molecule has 0 bridgehead atoms. The van der Waals surface area contributed by atoms with Gasteiger partial charge in [0, 0.05) is 51.7 Å². The molecule has 142 valence electrons. The van der Waals surface area contributed by atoms with Crippen LogP contribution < -0.4 is 14.7 Å². The van der Waals surface area contributed by atoms with Crippen molar-refractivity contribution in [2.75, 3.05) is 47.4 Å². The molecule has 0 N–H and O–H groups in total. The topological polar surface area (TPSA) is 48.4 Å². The smallest absolute Gasteiger partial charge is 0.227 e. The number of rotatable bonds is 3. The number of hydrogen-bond acceptors (Lipinski definition) is 6. The third kappa shape index (κ3) is 3.38. The summed E-state index contributed by atoms with van der Waals surface area (Å²) in [5.41, 5.74) is 2.86. The molecule has 0 spiro atoms. The van der Waals surface area contributed by atoms with E-state index in [2.05, 4.69) is 55.0 Å². The van der Waals surface area contributed by atoms with Crippen LogP contribution in [0.5, 0.6) is 0 Å². The maximum absolute atomic E-state index is 4.90. The Morgan fingerprint density at radius 2 is 1.39 bits per heavy atom. The van der Waals surface area contributed by atoms with Gasteiger partial charge in [-0.3, -0.25) is 0 Å². The van der Waals surface area contributed by atoms with Crippen molar-refractivity contribution in [3.8, 4) is 0 Å². The van der Waals surface area contributed by atoms with Crippen LogP contribution in [0.4, 0.5) is 17.6 Å². The van der Waals surface area contributed by atoms with E-state index in [0.29, 0.717) is 0 Å². The number of anilines is 3. The fourth-order valence-electron chi connectivity index (χ4n) is 4.04. The Morgan fingerprint density at radius 3 is 2.21 bits per heavy atom. The van der Waals surface area contributed by atoms with Crippen molar-refractivity contribution in [3.05, 3.63) is 72.1 Å². The van der Waals surface area contributed by atoms with E-state index in [0.717, 1.165) is 63.3 Å². The fraction of sp³-hybridized carbons (Fsp3) is 0.318. The fourth-order valence-corrected chi connectivity index (χ4v) is 4.04. The van der Waals surface area contributed by atoms with Crippen LogP contribution >= 0.6 is 0 Å². The first-order valence-corrected chi connectivity index (χ1v) is 9.92. The van der Waals surface area contributed by atoms with Gasteiger partial charge < -0.3 is 14.7 Å². The SMILES string of the molecule is c1ccc(N2CCN(c3nccc(N4CCc5ccccc5C4)n3)CC2)nc1. The molecule has 6 nitrogen and oxygen atoms in total. The highest BCUT2D eigenvalue weighted by Crippen LogP contribution is 2.24. The first-order chi connectivity index (χ1) is 13.9. The number of piperazine rings is 1. The number of aromatic nitrogens is 3. The Morgan fingerprint density at radius 1 is 0.607 bits per heavy atom. The molecule has 2 aliphatic rings. The Bertz CT molecular complexity index is 937. The van der Waals surface area contributed by atoms with E-state index in [-0.39, 0.29) is 0 Å². The standard InChI is InChI=1S/C22H24N6/c1-2-6-19-17-28(12-9-18(19)5-1)21-8-11-24-22(25-21)27-15-13-26(14-16-27)20-7-3-4-10-23-20/h1-8,10-11H,9,12-17H2. The molecule has 0 amide bonds. The highest BCUT2D eigenvalue weighted by Gasteiger charge is 2.22. The van der Waals surface area contributed by atoms with Gasteiger partial charge in [-0.25, -0.2) is 9.97 Å². The molecular weight excluding hydrogens is 348 g/mol. The average Bonchev–Trinajstić information content (AvgIpc) is 2.79. The second kappa shape index (κ2) is 7.46. The van der Waals surface area contributed by atoms with Crippen LogP contribution in [0, 0.1) is 0 Å². The van der Waals surface area contributed by atoms with Crippen LogP contribution in [-0.2, 0) is 13.0 Å². The molecule has 0 radical (unpaired) electrons. The van der Waals surface area contributed by atoms with Crippen LogP contribution in [0.1, 0.15) is 11.1 Å². The molecule has 2 aliphatic heterocycles. The molecule has 6 heteroatoms. The van der Waals surface area contributed by atoms with E-state index in [4.69, 9.17) is 4.98 Å². The first-order valence-electron chi connectivity index (χ1n) is 9.92. The summed E-state index contributed by atoms with van der Waals surface area (Å²) >= 11 is 0. The minimum atomic E-state index is 0.831. The molecule has 1 saturated heterocycles. The van der Waals surface area contributed by atoms with Crippen molar-refractivity contribution in [3.63, 3.8) is 0 Å². The number of hydrogen-bond donors (Lipinski definition) is 0. The van der Waals surface area contributed by atoms with Crippen molar-refractivity contribution >= 4 is 17.6 Å². The zero-order valence-corrected chi connectivity index (χ0v) is 15.9. The van der Waals surface area contributed by atoms with Crippen molar-refractivity contribution in [1.29, 1.82) is 0 Å². The summed E-state index contributed by atoms with van der Waals surface area (Å²) in [6.07, 6.45) is 4.81. The number of fused-ring (bicyclic) bond motifs is 1. The molecule has 0 aliphatic carbocycles. The summed E-state index contributed by atoms with van der Waals surface area (Å²) in [7, 11) is 0. The number of benzene rings is 1. The lowest BCUT2D eigenvalue weighted by molar-refractivity contribution is 0.632. The summed E-state index contributed by atoms with van der Waals surface area (Å²) < 4.78 is 0. The largest absolute Gasteiger partial charge is 0.353 e. The molecule has 3 aromatic rings. The van der Waals surface area contributed by atoms with Crippen LogP contribution in [0.3, 0.4) is 0 Å². The molecule has 0 saturated carbocycles. The van der Waals surface area contributed by atoms with Gasteiger partial charge in [-0.05, 0) is 35.7 Å². The van der Waals surface area contributed by atoms with Crippen molar-refractivity contribution in [2.24, 2.45) is 0 Å². The van der Waals surface area contributed by atoms with Gasteiger partial charge in [-0.15, -0.1) is 0 Å². The van der Waals surface area contributed by atoms with Crippen LogP contribution in [-0.4, -0.2) is 47.7 Å². The quantitative estimate of drug-likeness (QED) is 0.705. The third-order valence-electron chi connectivity index (χ3n) is 5.62. The summed E-state index contributed by atoms with van der Waals surface area (Å²) in [5.74, 6) is 2.90. The monoisotopic (exact) mass is 372 g/mol. The first kappa shape index (κ1) is 17.0. The zero-order chi connectivity index (χ0) is 18.8. The maximum Gasteiger partial charge on any atom is 0.227 e. The lowest BCUT2D eigenvalue weighted by Crippen LogP contribution is -2.47. The molecule has 0 unspecified atom stereocenters. The lowest BCUT2D eigenvalue weighted by Gasteiger charge is -2.36. The molecule has 1 fully saturated rings. The Hall–Kier alpha value is -3.15. The Balaban J connectivity index is 1.28. The van der Waals surface area contributed by atoms with Crippen molar-refractivity contribution in [2.45, 2.75) is 13.0 Å². The van der Waals surface area contributed by atoms with Gasteiger partial charge in [0.1, 0.15) is 11.6 Å². The maximum atomic E-state index is 4.90. The van der Waals surface area contributed by atoms with Gasteiger partial charge in [0.15, 0.2) is 0 Å². The van der Waals surface area contributed by atoms with Gasteiger partial charge in [-0.1, -0.05) is 30.3 Å². The normalized spacial score (nSPS) is 16.8. The minimum Gasteiger partial charge on any atom is -0.353 e. The van der Waals surface area contributed by atoms with Crippen molar-refractivity contribution < 1.29 is 0 Å². The predicted molar refractivity (Wildman–Crippen MR) is 112 cm³/mol. The molecular formula is C22H24N6. The summed E-state index contributed by atoms with van der Waals surface area (Å²) in [4.78, 5) is 20.9. The minimum absolute atomic E-state index is 0.831. The molecule has 28 heavy (non-hydrogen) atoms. The van der Waals surface area contributed by atoms with Gasteiger partial charge in [0.05, 0.1) is 0 Å². The van der Waals surface area contributed by atoms with Crippen LogP contribution in [0.25, 0.3) is 0 Å². The van der Waals surface area contributed by atoms with Crippen LogP contribution in [0.15, 0.2) is 60.9 Å². The van der Waals surface area contributed by atoms with Gasteiger partial charge in [0.2, 0.25) is 5.95 Å². The summed E-state index contributed by atoms with van der Waals surface area (Å²) in [6.45, 7) is 5.59. The lowest BCUT2D eigenvalue weighted by atomic mass is 10.00. The Labute approximate surface area is 165 Å².